The number of Topliss-reactive ketones (excluding diaryl/α,β-unsaturated/α-hetero) is 1. The number of hydrogen-bond donors (Lipinski definition) is 1. The van der Waals surface area contributed by atoms with Gasteiger partial charge in [-0.05, 0) is 37.0 Å². The van der Waals surface area contributed by atoms with Crippen LogP contribution in [0.15, 0.2) is 0 Å². The molecule has 21 heavy (non-hydrogen) atoms. The van der Waals surface area contributed by atoms with Crippen molar-refractivity contribution in [3.63, 3.8) is 0 Å². The van der Waals surface area contributed by atoms with E-state index in [2.05, 4.69) is 13.8 Å². The van der Waals surface area contributed by atoms with Gasteiger partial charge in [-0.15, -0.1) is 0 Å². The number of carbonyl (C=O) groups is 2. The lowest BCUT2D eigenvalue weighted by Gasteiger charge is -2.43. The minimum atomic E-state index is -0.662. The second-order valence-corrected chi connectivity index (χ2v) is 10.6. The molecule has 6 atom stereocenters. The van der Waals surface area contributed by atoms with Gasteiger partial charge < -0.3 is 5.11 Å². The summed E-state index contributed by atoms with van der Waals surface area (Å²) in [6.45, 7) is 4.59. The monoisotopic (exact) mass is 309 g/mol. The molecule has 4 heteroatoms. The Morgan fingerprint density at radius 2 is 2.10 bits per heavy atom. The zero-order valence-corrected chi connectivity index (χ0v) is 13.7. The molecular formula is C17H25O3S+. The number of carboxylic acids is 1. The number of carboxylic acid groups (broad SMARTS) is 1. The third kappa shape index (κ3) is 1.58. The van der Waals surface area contributed by atoms with E-state index >= 15 is 0 Å². The molecule has 4 bridgehead atoms. The molecule has 3 nitrogen and oxygen atoms in total. The smallest absolute Gasteiger partial charge is 0.353 e. The van der Waals surface area contributed by atoms with Crippen LogP contribution in [0, 0.1) is 22.7 Å². The van der Waals surface area contributed by atoms with E-state index < -0.39 is 5.97 Å². The molecule has 0 aromatic heterocycles. The molecule has 0 aromatic rings. The number of carbonyl (C=O) groups excluding carboxylic acids is 1. The third-order valence-electron chi connectivity index (χ3n) is 7.37. The number of fused-ring (bicyclic) bond motifs is 4. The number of hydrogen-bond acceptors (Lipinski definition) is 2. The summed E-state index contributed by atoms with van der Waals surface area (Å²) >= 11 is 0. The molecule has 1 N–H and O–H groups in total. The van der Waals surface area contributed by atoms with Crippen molar-refractivity contribution in [3.8, 4) is 0 Å². The summed E-state index contributed by atoms with van der Waals surface area (Å²) < 4.78 is 0. The fraction of sp³-hybridized carbons (Fsp3) is 0.882. The molecule has 3 aliphatic carbocycles. The van der Waals surface area contributed by atoms with Gasteiger partial charge in [0.1, 0.15) is 16.3 Å². The zero-order chi connectivity index (χ0) is 15.0. The average Bonchev–Trinajstić information content (AvgIpc) is 3.08. The molecule has 1 saturated heterocycles. The second kappa shape index (κ2) is 4.27. The van der Waals surface area contributed by atoms with E-state index in [1.807, 2.05) is 0 Å². The number of rotatable bonds is 3. The van der Waals surface area contributed by atoms with Gasteiger partial charge in [-0.25, -0.2) is 4.79 Å². The molecule has 4 fully saturated rings. The summed E-state index contributed by atoms with van der Waals surface area (Å²) in [6.07, 6.45) is 6.58. The summed E-state index contributed by atoms with van der Waals surface area (Å²) in [5.41, 5.74) is -0.0982. The lowest BCUT2D eigenvalue weighted by atomic mass is 9.64. The van der Waals surface area contributed by atoms with Crippen LogP contribution in [0.2, 0.25) is 0 Å². The highest BCUT2D eigenvalue weighted by Gasteiger charge is 2.75. The first-order chi connectivity index (χ1) is 9.88. The molecule has 0 amide bonds. The summed E-state index contributed by atoms with van der Waals surface area (Å²) in [7, 11) is -0.0733. The normalized spacial score (nSPS) is 50.0. The van der Waals surface area contributed by atoms with Gasteiger partial charge in [0.15, 0.2) is 0 Å². The Bertz CT molecular complexity index is 514. The second-order valence-electron chi connectivity index (χ2n) is 8.18. The maximum atomic E-state index is 12.9. The van der Waals surface area contributed by atoms with E-state index in [0.29, 0.717) is 33.9 Å². The van der Waals surface area contributed by atoms with E-state index in [9.17, 15) is 14.7 Å². The van der Waals surface area contributed by atoms with Crippen LogP contribution in [0.3, 0.4) is 0 Å². The van der Waals surface area contributed by atoms with Gasteiger partial charge in [0.25, 0.3) is 0 Å². The van der Waals surface area contributed by atoms with Crippen molar-refractivity contribution in [3.05, 3.63) is 0 Å². The summed E-state index contributed by atoms with van der Waals surface area (Å²) in [4.78, 5) is 24.3. The minimum Gasteiger partial charge on any atom is -0.478 e. The Morgan fingerprint density at radius 3 is 2.67 bits per heavy atom. The van der Waals surface area contributed by atoms with Crippen molar-refractivity contribution in [1.29, 1.82) is 0 Å². The standard InChI is InChI=1S/C17H24O3S/c1-16(2)11-5-6-17(16,13(18)8-11)15-10-3-4-12(7-10)21(15)9-14(19)20/h10-12,15H,3-9H2,1-2H3/p+1/t10-,11-,12+,15+,17+,21?/m0/s1. The van der Waals surface area contributed by atoms with Gasteiger partial charge in [0, 0.05) is 29.7 Å². The van der Waals surface area contributed by atoms with Crippen LogP contribution in [0.4, 0.5) is 0 Å². The lowest BCUT2D eigenvalue weighted by Crippen LogP contribution is -2.54. The fourth-order valence-electron chi connectivity index (χ4n) is 6.37. The Kier molecular flexibility index (Phi) is 2.87. The zero-order valence-electron chi connectivity index (χ0n) is 12.9. The van der Waals surface area contributed by atoms with Crippen molar-refractivity contribution < 1.29 is 14.7 Å². The molecule has 1 heterocycles. The molecular weight excluding hydrogens is 284 g/mol. The molecule has 1 aliphatic heterocycles. The maximum Gasteiger partial charge on any atom is 0.353 e. The van der Waals surface area contributed by atoms with Crippen LogP contribution in [-0.2, 0) is 20.5 Å². The van der Waals surface area contributed by atoms with Gasteiger partial charge >= 0.3 is 5.97 Å². The van der Waals surface area contributed by atoms with Crippen LogP contribution in [0.5, 0.6) is 0 Å². The predicted octanol–water partition coefficient (Wildman–Crippen LogP) is 2.64. The Hall–Kier alpha value is -0.510. The summed E-state index contributed by atoms with van der Waals surface area (Å²) in [5.74, 6) is 1.29. The highest BCUT2D eigenvalue weighted by Crippen LogP contribution is 2.70. The summed E-state index contributed by atoms with van der Waals surface area (Å²) in [5, 5.41) is 10.3. The van der Waals surface area contributed by atoms with Crippen molar-refractivity contribution in [1.82, 2.24) is 0 Å². The van der Waals surface area contributed by atoms with E-state index in [-0.39, 0.29) is 21.7 Å². The lowest BCUT2D eigenvalue weighted by molar-refractivity contribution is -0.134. The van der Waals surface area contributed by atoms with E-state index in [0.717, 1.165) is 12.8 Å². The van der Waals surface area contributed by atoms with Crippen molar-refractivity contribution in [2.24, 2.45) is 22.7 Å². The van der Waals surface area contributed by atoms with Gasteiger partial charge in [-0.3, -0.25) is 4.79 Å². The van der Waals surface area contributed by atoms with Crippen LogP contribution in [0.1, 0.15) is 52.4 Å². The quantitative estimate of drug-likeness (QED) is 0.815. The topological polar surface area (TPSA) is 54.4 Å². The minimum absolute atomic E-state index is 0.0733. The van der Waals surface area contributed by atoms with E-state index in [1.54, 1.807) is 0 Å². The maximum absolute atomic E-state index is 12.9. The summed E-state index contributed by atoms with van der Waals surface area (Å²) in [6, 6.07) is 0. The van der Waals surface area contributed by atoms with E-state index in [4.69, 9.17) is 0 Å². The van der Waals surface area contributed by atoms with E-state index in [1.165, 1.54) is 25.7 Å². The highest BCUT2D eigenvalue weighted by molar-refractivity contribution is 7.99. The molecule has 4 aliphatic rings. The predicted molar refractivity (Wildman–Crippen MR) is 83.3 cm³/mol. The molecule has 0 aromatic carbocycles. The van der Waals surface area contributed by atoms with Crippen LogP contribution in [0.25, 0.3) is 0 Å². The molecule has 3 saturated carbocycles. The van der Waals surface area contributed by atoms with Crippen LogP contribution in [-0.4, -0.2) is 33.1 Å². The highest BCUT2D eigenvalue weighted by atomic mass is 32.2. The fourth-order valence-corrected chi connectivity index (χ4v) is 10.2. The van der Waals surface area contributed by atoms with Gasteiger partial charge in [-0.2, -0.15) is 0 Å². The molecule has 4 rings (SSSR count). The Morgan fingerprint density at radius 1 is 1.33 bits per heavy atom. The van der Waals surface area contributed by atoms with Crippen LogP contribution < -0.4 is 0 Å². The number of aliphatic carboxylic acids is 1. The first-order valence-electron chi connectivity index (χ1n) is 8.31. The van der Waals surface area contributed by atoms with Crippen LogP contribution >= 0.6 is 0 Å². The van der Waals surface area contributed by atoms with Crippen molar-refractivity contribution in [2.75, 3.05) is 5.75 Å². The number of ketones is 1. The largest absolute Gasteiger partial charge is 0.478 e. The third-order valence-corrected chi connectivity index (χ3v) is 10.7. The first kappa shape index (κ1) is 14.1. The Balaban J connectivity index is 1.77. The SMILES string of the molecule is CC1(C)[C@H]2CC[C@]1([C@H]1[C@H]3CC[C@H](C3)[S+]1CC(=O)O)C(=O)C2. The molecule has 0 spiro atoms. The van der Waals surface area contributed by atoms with Crippen molar-refractivity contribution >= 4 is 22.6 Å². The Labute approximate surface area is 129 Å². The first-order valence-corrected chi connectivity index (χ1v) is 9.83. The van der Waals surface area contributed by atoms with Crippen molar-refractivity contribution in [2.45, 2.75) is 62.9 Å². The molecule has 0 radical (unpaired) electrons. The molecule has 1 unspecified atom stereocenters. The van der Waals surface area contributed by atoms with Gasteiger partial charge in [0.05, 0.1) is 5.41 Å². The van der Waals surface area contributed by atoms with Gasteiger partial charge in [0.2, 0.25) is 5.75 Å². The average molecular weight is 309 g/mol. The van der Waals surface area contributed by atoms with Gasteiger partial charge in [-0.1, -0.05) is 13.8 Å². The molecule has 116 valence electrons.